The second kappa shape index (κ2) is 6.09. The van der Waals surface area contributed by atoms with Gasteiger partial charge in [0.25, 0.3) is 0 Å². The molecule has 0 aliphatic heterocycles. The lowest BCUT2D eigenvalue weighted by molar-refractivity contribution is 0.212. The van der Waals surface area contributed by atoms with E-state index in [1.54, 1.807) is 0 Å². The maximum Gasteiger partial charge on any atom is 0.0459 e. The highest BCUT2D eigenvalue weighted by molar-refractivity contribution is 5.29. The zero-order valence-electron chi connectivity index (χ0n) is 12.7. The molecule has 0 spiro atoms. The van der Waals surface area contributed by atoms with Gasteiger partial charge in [0, 0.05) is 6.61 Å². The summed E-state index contributed by atoms with van der Waals surface area (Å²) in [6, 6.07) is 9.24. The summed E-state index contributed by atoms with van der Waals surface area (Å²) < 4.78 is 0. The molecule has 0 radical (unpaired) electrons. The molecule has 1 N–H and O–H groups in total. The summed E-state index contributed by atoms with van der Waals surface area (Å²) in [4.78, 5) is 0. The maximum atomic E-state index is 9.30. The van der Waals surface area contributed by atoms with Crippen molar-refractivity contribution >= 4 is 0 Å². The number of aliphatic hydroxyl groups is 1. The zero-order chi connectivity index (χ0) is 13.9. The Balaban J connectivity index is 2.06. The molecule has 0 bridgehead atoms. The van der Waals surface area contributed by atoms with Crippen LogP contribution in [-0.2, 0) is 5.41 Å². The maximum absolute atomic E-state index is 9.30. The lowest BCUT2D eigenvalue weighted by atomic mass is 9.84. The molecule has 1 nitrogen and oxygen atoms in total. The number of aliphatic hydroxyl groups excluding tert-OH is 1. The van der Waals surface area contributed by atoms with Crippen molar-refractivity contribution in [2.45, 2.75) is 64.2 Å². The van der Waals surface area contributed by atoms with Gasteiger partial charge in [-0.15, -0.1) is 0 Å². The van der Waals surface area contributed by atoms with Crippen LogP contribution in [0, 0.1) is 5.92 Å². The van der Waals surface area contributed by atoms with Crippen LogP contribution in [0.25, 0.3) is 0 Å². The largest absolute Gasteiger partial charge is 0.396 e. The van der Waals surface area contributed by atoms with Gasteiger partial charge in [-0.1, -0.05) is 51.5 Å². The molecule has 0 amide bonds. The molecule has 1 aliphatic rings. The minimum atomic E-state index is 0.240. The van der Waals surface area contributed by atoms with E-state index in [1.165, 1.54) is 43.2 Å². The predicted molar refractivity (Wildman–Crippen MR) is 81.5 cm³/mol. The standard InChI is InChI=1S/C18H28O/c1-18(2,3)17-11-9-16(10-12-17)15-6-4-5-14(13-19)7-8-15/h9-12,14-15,19H,4-8,13H2,1-3H3. The van der Waals surface area contributed by atoms with Crippen LogP contribution < -0.4 is 0 Å². The first-order valence-electron chi connectivity index (χ1n) is 7.72. The summed E-state index contributed by atoms with van der Waals surface area (Å²) in [7, 11) is 0. The smallest absolute Gasteiger partial charge is 0.0459 e. The summed E-state index contributed by atoms with van der Waals surface area (Å²) in [6.07, 6.45) is 6.16. The highest BCUT2D eigenvalue weighted by Crippen LogP contribution is 2.34. The van der Waals surface area contributed by atoms with Gasteiger partial charge in [-0.05, 0) is 54.1 Å². The van der Waals surface area contributed by atoms with E-state index < -0.39 is 0 Å². The first-order chi connectivity index (χ1) is 9.00. The van der Waals surface area contributed by atoms with Crippen LogP contribution in [0.3, 0.4) is 0 Å². The summed E-state index contributed by atoms with van der Waals surface area (Å²) in [5, 5.41) is 9.30. The minimum Gasteiger partial charge on any atom is -0.396 e. The Bertz CT molecular complexity index is 385. The molecule has 1 saturated carbocycles. The monoisotopic (exact) mass is 260 g/mol. The van der Waals surface area contributed by atoms with Crippen molar-refractivity contribution in [2.24, 2.45) is 5.92 Å². The van der Waals surface area contributed by atoms with Crippen LogP contribution in [0.4, 0.5) is 0 Å². The Kier molecular flexibility index (Phi) is 4.67. The Morgan fingerprint density at radius 2 is 1.68 bits per heavy atom. The molecule has 0 heterocycles. The van der Waals surface area contributed by atoms with Crippen molar-refractivity contribution in [3.05, 3.63) is 35.4 Å². The third-order valence-electron chi connectivity index (χ3n) is 4.59. The number of benzene rings is 1. The highest BCUT2D eigenvalue weighted by Gasteiger charge is 2.20. The molecule has 0 saturated heterocycles. The fourth-order valence-corrected chi connectivity index (χ4v) is 3.15. The van der Waals surface area contributed by atoms with Gasteiger partial charge >= 0.3 is 0 Å². The van der Waals surface area contributed by atoms with Gasteiger partial charge in [0.1, 0.15) is 0 Å². The van der Waals surface area contributed by atoms with Crippen molar-refractivity contribution in [1.82, 2.24) is 0 Å². The van der Waals surface area contributed by atoms with Crippen LogP contribution in [0.15, 0.2) is 24.3 Å². The number of rotatable bonds is 2. The Morgan fingerprint density at radius 3 is 2.26 bits per heavy atom. The van der Waals surface area contributed by atoms with Gasteiger partial charge in [0.15, 0.2) is 0 Å². The molecule has 19 heavy (non-hydrogen) atoms. The van der Waals surface area contributed by atoms with E-state index in [9.17, 15) is 5.11 Å². The molecule has 1 aliphatic carbocycles. The van der Waals surface area contributed by atoms with Gasteiger partial charge in [-0.25, -0.2) is 0 Å². The topological polar surface area (TPSA) is 20.2 Å². The van der Waals surface area contributed by atoms with E-state index >= 15 is 0 Å². The quantitative estimate of drug-likeness (QED) is 0.768. The summed E-state index contributed by atoms with van der Waals surface area (Å²) in [5.74, 6) is 1.24. The lowest BCUT2D eigenvalue weighted by Crippen LogP contribution is -2.11. The van der Waals surface area contributed by atoms with Gasteiger partial charge in [0.05, 0.1) is 0 Å². The predicted octanol–water partition coefficient (Wildman–Crippen LogP) is 4.64. The molecule has 2 rings (SSSR count). The second-order valence-corrected chi connectivity index (χ2v) is 7.13. The van der Waals surface area contributed by atoms with E-state index in [2.05, 4.69) is 45.0 Å². The molecular weight excluding hydrogens is 232 g/mol. The zero-order valence-corrected chi connectivity index (χ0v) is 12.7. The minimum absolute atomic E-state index is 0.240. The SMILES string of the molecule is CC(C)(C)c1ccc(C2CCCC(CO)CC2)cc1. The first-order valence-corrected chi connectivity index (χ1v) is 7.72. The summed E-state index contributed by atoms with van der Waals surface area (Å²) in [5.41, 5.74) is 3.15. The first kappa shape index (κ1) is 14.6. The normalized spacial score (nSPS) is 25.1. The fourth-order valence-electron chi connectivity index (χ4n) is 3.15. The molecule has 2 unspecified atom stereocenters. The van der Waals surface area contributed by atoms with Gasteiger partial charge in [0.2, 0.25) is 0 Å². The van der Waals surface area contributed by atoms with Crippen molar-refractivity contribution < 1.29 is 5.11 Å². The molecule has 0 aromatic heterocycles. The Labute approximate surface area is 118 Å². The lowest BCUT2D eigenvalue weighted by Gasteiger charge is -2.21. The van der Waals surface area contributed by atoms with E-state index in [4.69, 9.17) is 0 Å². The molecule has 2 atom stereocenters. The summed E-state index contributed by atoms with van der Waals surface area (Å²) >= 11 is 0. The molecular formula is C18H28O. The summed E-state index contributed by atoms with van der Waals surface area (Å²) in [6.45, 7) is 7.16. The van der Waals surface area contributed by atoms with Crippen molar-refractivity contribution in [3.63, 3.8) is 0 Å². The molecule has 1 aromatic carbocycles. The van der Waals surface area contributed by atoms with E-state index in [1.807, 2.05) is 0 Å². The van der Waals surface area contributed by atoms with Crippen molar-refractivity contribution in [3.8, 4) is 0 Å². The number of hydrogen-bond acceptors (Lipinski definition) is 1. The van der Waals surface area contributed by atoms with Crippen molar-refractivity contribution in [1.29, 1.82) is 0 Å². The highest BCUT2D eigenvalue weighted by atomic mass is 16.3. The van der Waals surface area contributed by atoms with Gasteiger partial charge in [-0.3, -0.25) is 0 Å². The molecule has 1 aromatic rings. The fraction of sp³-hybridized carbons (Fsp3) is 0.667. The molecule has 1 heteroatoms. The second-order valence-electron chi connectivity index (χ2n) is 7.13. The van der Waals surface area contributed by atoms with Crippen LogP contribution in [0.1, 0.15) is 69.9 Å². The average molecular weight is 260 g/mol. The van der Waals surface area contributed by atoms with E-state index in [0.717, 1.165) is 0 Å². The molecule has 106 valence electrons. The van der Waals surface area contributed by atoms with Crippen LogP contribution in [0.2, 0.25) is 0 Å². The average Bonchev–Trinajstić information content (AvgIpc) is 2.63. The Hall–Kier alpha value is -0.820. The van der Waals surface area contributed by atoms with Crippen LogP contribution >= 0.6 is 0 Å². The third-order valence-corrected chi connectivity index (χ3v) is 4.59. The van der Waals surface area contributed by atoms with E-state index in [-0.39, 0.29) is 5.41 Å². The van der Waals surface area contributed by atoms with Crippen LogP contribution in [-0.4, -0.2) is 11.7 Å². The van der Waals surface area contributed by atoms with Crippen LogP contribution in [0.5, 0.6) is 0 Å². The molecule has 1 fully saturated rings. The van der Waals surface area contributed by atoms with Gasteiger partial charge in [-0.2, -0.15) is 0 Å². The number of hydrogen-bond donors (Lipinski definition) is 1. The third kappa shape index (κ3) is 3.82. The van der Waals surface area contributed by atoms with Gasteiger partial charge < -0.3 is 5.11 Å². The van der Waals surface area contributed by atoms with Crippen molar-refractivity contribution in [2.75, 3.05) is 6.61 Å². The Morgan fingerprint density at radius 1 is 1.00 bits per heavy atom. The van der Waals surface area contributed by atoms with E-state index in [0.29, 0.717) is 18.4 Å².